The monoisotopic (exact) mass is 304 g/mol. The maximum Gasteiger partial charge on any atom is 0.274 e. The first kappa shape index (κ1) is 16.1. The van der Waals surface area contributed by atoms with Crippen LogP contribution < -0.4 is 5.32 Å². The number of aliphatic hydroxyl groups is 1. The Morgan fingerprint density at radius 1 is 1.18 bits per heavy atom. The molecule has 0 spiro atoms. The fourth-order valence-corrected chi connectivity index (χ4v) is 2.27. The highest BCUT2D eigenvalue weighted by Gasteiger charge is 2.19. The topological polar surface area (TPSA) is 75.4 Å². The second-order valence-corrected chi connectivity index (χ2v) is 4.98. The lowest BCUT2D eigenvalue weighted by molar-refractivity contribution is -0.385. The summed E-state index contributed by atoms with van der Waals surface area (Å²) in [4.78, 5) is 10.6. The molecule has 0 saturated carbocycles. The number of hydrogen-bond acceptors (Lipinski definition) is 4. The number of nitro benzene ring substituents is 1. The van der Waals surface area contributed by atoms with Crippen molar-refractivity contribution in [3.8, 4) is 0 Å². The van der Waals surface area contributed by atoms with Crippen molar-refractivity contribution in [3.05, 3.63) is 75.6 Å². The average Bonchev–Trinajstić information content (AvgIpc) is 2.52. The normalized spacial score (nSPS) is 13.6. The number of aliphatic hydroxyl groups excluding tert-OH is 1. The summed E-state index contributed by atoms with van der Waals surface area (Å²) in [6, 6.07) is 12.1. The molecule has 5 nitrogen and oxygen atoms in total. The molecule has 2 unspecified atom stereocenters. The van der Waals surface area contributed by atoms with Crippen LogP contribution in [0.5, 0.6) is 0 Å². The molecule has 116 valence electrons. The van der Waals surface area contributed by atoms with Gasteiger partial charge in [-0.1, -0.05) is 36.4 Å². The SMILES string of the molecule is CC(NCC(O)c1ccccc1F)c1ccccc1[N+](=O)[O-]. The molecular formula is C16H17FN2O3. The number of nitrogens with zero attached hydrogens (tertiary/aromatic N) is 1. The molecule has 2 rings (SSSR count). The highest BCUT2D eigenvalue weighted by atomic mass is 19.1. The second-order valence-electron chi connectivity index (χ2n) is 4.98. The summed E-state index contributed by atoms with van der Waals surface area (Å²) in [5, 5.41) is 24.0. The minimum absolute atomic E-state index is 0.0166. The van der Waals surface area contributed by atoms with Crippen LogP contribution in [0.4, 0.5) is 10.1 Å². The van der Waals surface area contributed by atoms with Crippen LogP contribution in [0.2, 0.25) is 0 Å². The summed E-state index contributed by atoms with van der Waals surface area (Å²) in [5.74, 6) is -0.477. The van der Waals surface area contributed by atoms with Gasteiger partial charge in [-0.15, -0.1) is 0 Å². The third-order valence-electron chi connectivity index (χ3n) is 3.48. The molecule has 0 amide bonds. The molecule has 0 aliphatic heterocycles. The van der Waals surface area contributed by atoms with Gasteiger partial charge in [0.15, 0.2) is 0 Å². The van der Waals surface area contributed by atoms with Crippen molar-refractivity contribution >= 4 is 5.69 Å². The van der Waals surface area contributed by atoms with Crippen LogP contribution in [0.1, 0.15) is 30.2 Å². The van der Waals surface area contributed by atoms with E-state index in [1.165, 1.54) is 18.2 Å². The van der Waals surface area contributed by atoms with Gasteiger partial charge >= 0.3 is 0 Å². The fourth-order valence-electron chi connectivity index (χ4n) is 2.27. The van der Waals surface area contributed by atoms with E-state index >= 15 is 0 Å². The minimum atomic E-state index is -1.02. The number of nitrogens with one attached hydrogen (secondary N) is 1. The highest BCUT2D eigenvalue weighted by molar-refractivity contribution is 5.41. The van der Waals surface area contributed by atoms with Gasteiger partial charge in [-0.2, -0.15) is 0 Å². The minimum Gasteiger partial charge on any atom is -0.387 e. The molecule has 2 aromatic rings. The van der Waals surface area contributed by atoms with E-state index < -0.39 is 16.8 Å². The zero-order valence-electron chi connectivity index (χ0n) is 12.1. The van der Waals surface area contributed by atoms with E-state index in [2.05, 4.69) is 5.32 Å². The largest absolute Gasteiger partial charge is 0.387 e. The Labute approximate surface area is 127 Å². The lowest BCUT2D eigenvalue weighted by atomic mass is 10.0. The molecule has 2 aromatic carbocycles. The third kappa shape index (κ3) is 3.66. The molecule has 0 aliphatic rings. The van der Waals surface area contributed by atoms with Crippen molar-refractivity contribution in [3.63, 3.8) is 0 Å². The molecular weight excluding hydrogens is 287 g/mol. The maximum absolute atomic E-state index is 13.6. The van der Waals surface area contributed by atoms with Gasteiger partial charge in [-0.3, -0.25) is 10.1 Å². The lowest BCUT2D eigenvalue weighted by Gasteiger charge is -2.18. The first-order valence-electron chi connectivity index (χ1n) is 6.90. The molecule has 0 aliphatic carbocycles. The number of benzene rings is 2. The van der Waals surface area contributed by atoms with Crippen LogP contribution >= 0.6 is 0 Å². The van der Waals surface area contributed by atoms with Crippen molar-refractivity contribution in [1.82, 2.24) is 5.32 Å². The Morgan fingerprint density at radius 3 is 2.41 bits per heavy atom. The quantitative estimate of drug-likeness (QED) is 0.635. The van der Waals surface area contributed by atoms with Crippen LogP contribution in [-0.2, 0) is 0 Å². The molecule has 0 radical (unpaired) electrons. The predicted octanol–water partition coefficient (Wildman–Crippen LogP) is 3.12. The molecule has 0 aromatic heterocycles. The summed E-state index contributed by atoms with van der Waals surface area (Å²) in [5.41, 5.74) is 0.737. The lowest BCUT2D eigenvalue weighted by Crippen LogP contribution is -2.25. The van der Waals surface area contributed by atoms with Gasteiger partial charge in [0, 0.05) is 29.8 Å². The average molecular weight is 304 g/mol. The first-order chi connectivity index (χ1) is 10.5. The Hall–Kier alpha value is -2.31. The van der Waals surface area contributed by atoms with Crippen LogP contribution in [-0.4, -0.2) is 16.6 Å². The van der Waals surface area contributed by atoms with E-state index in [1.54, 1.807) is 37.3 Å². The second kappa shape index (κ2) is 7.11. The predicted molar refractivity (Wildman–Crippen MR) is 80.9 cm³/mol. The molecule has 0 saturated heterocycles. The van der Waals surface area contributed by atoms with Gasteiger partial charge in [0.1, 0.15) is 5.82 Å². The number of halogens is 1. The molecule has 2 N–H and O–H groups in total. The first-order valence-corrected chi connectivity index (χ1v) is 6.90. The van der Waals surface area contributed by atoms with Crippen LogP contribution in [0.3, 0.4) is 0 Å². The third-order valence-corrected chi connectivity index (χ3v) is 3.48. The van der Waals surface area contributed by atoms with Crippen molar-refractivity contribution in [2.45, 2.75) is 19.1 Å². The van der Waals surface area contributed by atoms with E-state index in [1.807, 2.05) is 0 Å². The van der Waals surface area contributed by atoms with E-state index in [0.29, 0.717) is 5.56 Å². The summed E-state index contributed by atoms with van der Waals surface area (Å²) in [6.45, 7) is 1.85. The zero-order valence-corrected chi connectivity index (χ0v) is 12.1. The Balaban J connectivity index is 2.06. The summed E-state index contributed by atoms with van der Waals surface area (Å²) in [6.07, 6.45) is -1.02. The summed E-state index contributed by atoms with van der Waals surface area (Å²) >= 11 is 0. The van der Waals surface area contributed by atoms with Gasteiger partial charge in [0.25, 0.3) is 5.69 Å². The molecule has 0 bridgehead atoms. The van der Waals surface area contributed by atoms with Crippen LogP contribution in [0.25, 0.3) is 0 Å². The smallest absolute Gasteiger partial charge is 0.274 e. The van der Waals surface area contributed by atoms with Crippen molar-refractivity contribution in [2.24, 2.45) is 0 Å². The number of para-hydroxylation sites is 1. The Morgan fingerprint density at radius 2 is 1.77 bits per heavy atom. The van der Waals surface area contributed by atoms with Crippen molar-refractivity contribution in [2.75, 3.05) is 6.54 Å². The Bertz CT molecular complexity index is 663. The number of hydrogen-bond donors (Lipinski definition) is 2. The van der Waals surface area contributed by atoms with Gasteiger partial charge in [-0.05, 0) is 13.0 Å². The van der Waals surface area contributed by atoms with E-state index in [4.69, 9.17) is 0 Å². The maximum atomic E-state index is 13.6. The standard InChI is InChI=1S/C16H17FN2O3/c1-11(12-6-3-5-9-15(12)19(21)22)18-10-16(20)13-7-2-4-8-14(13)17/h2-9,11,16,18,20H,10H2,1H3. The van der Waals surface area contributed by atoms with Crippen molar-refractivity contribution in [1.29, 1.82) is 0 Å². The van der Waals surface area contributed by atoms with Gasteiger partial charge in [0.05, 0.1) is 11.0 Å². The fraction of sp³-hybridized carbons (Fsp3) is 0.250. The molecule has 0 fully saturated rings. The van der Waals surface area contributed by atoms with Gasteiger partial charge in [0.2, 0.25) is 0 Å². The number of rotatable bonds is 6. The van der Waals surface area contributed by atoms with Crippen molar-refractivity contribution < 1.29 is 14.4 Å². The summed E-state index contributed by atoms with van der Waals surface area (Å²) < 4.78 is 13.6. The van der Waals surface area contributed by atoms with Gasteiger partial charge < -0.3 is 10.4 Å². The van der Waals surface area contributed by atoms with E-state index in [9.17, 15) is 19.6 Å². The zero-order chi connectivity index (χ0) is 16.1. The summed E-state index contributed by atoms with van der Waals surface area (Å²) in [7, 11) is 0. The van der Waals surface area contributed by atoms with Gasteiger partial charge in [-0.25, -0.2) is 4.39 Å². The Kier molecular flexibility index (Phi) is 5.19. The highest BCUT2D eigenvalue weighted by Crippen LogP contribution is 2.25. The van der Waals surface area contributed by atoms with E-state index in [0.717, 1.165) is 0 Å². The molecule has 22 heavy (non-hydrogen) atoms. The van der Waals surface area contributed by atoms with E-state index in [-0.39, 0.29) is 23.8 Å². The molecule has 6 heteroatoms. The number of nitro groups is 1. The van der Waals surface area contributed by atoms with Crippen LogP contribution in [0, 0.1) is 15.9 Å². The molecule has 0 heterocycles. The molecule has 2 atom stereocenters. The van der Waals surface area contributed by atoms with Crippen LogP contribution in [0.15, 0.2) is 48.5 Å².